The van der Waals surface area contributed by atoms with E-state index in [0.29, 0.717) is 11.4 Å². The van der Waals surface area contributed by atoms with Gasteiger partial charge in [0.25, 0.3) is 17.2 Å². The maximum Gasteiger partial charge on any atom is 0.286 e. The molecule has 9 nitrogen and oxygen atoms in total. The lowest BCUT2D eigenvalue weighted by molar-refractivity contribution is -0.385. The van der Waals surface area contributed by atoms with Gasteiger partial charge < -0.3 is 14.2 Å². The topological polar surface area (TPSA) is 112 Å². The van der Waals surface area contributed by atoms with E-state index in [4.69, 9.17) is 4.74 Å². The summed E-state index contributed by atoms with van der Waals surface area (Å²) in [5.74, 6) is -0.180. The lowest BCUT2D eigenvalue weighted by Gasteiger charge is -2.26. The van der Waals surface area contributed by atoms with Gasteiger partial charge in [-0.05, 0) is 25.1 Å². The van der Waals surface area contributed by atoms with Crippen molar-refractivity contribution >= 4 is 23.1 Å². The molecule has 0 bridgehead atoms. The fourth-order valence-corrected chi connectivity index (χ4v) is 2.67. The van der Waals surface area contributed by atoms with Crippen LogP contribution in [0.15, 0.2) is 35.3 Å². The first-order chi connectivity index (χ1) is 12.3. The summed E-state index contributed by atoms with van der Waals surface area (Å²) >= 11 is 0. The third-order valence-corrected chi connectivity index (χ3v) is 4.14. The van der Waals surface area contributed by atoms with Crippen LogP contribution in [0.2, 0.25) is 0 Å². The van der Waals surface area contributed by atoms with Gasteiger partial charge in [-0.3, -0.25) is 24.5 Å². The van der Waals surface area contributed by atoms with Gasteiger partial charge in [0, 0.05) is 24.2 Å². The summed E-state index contributed by atoms with van der Waals surface area (Å²) in [6.45, 7) is 1.03. The molecule has 9 heteroatoms. The molecule has 26 heavy (non-hydrogen) atoms. The van der Waals surface area contributed by atoms with Crippen LogP contribution in [0.4, 0.5) is 11.4 Å². The van der Waals surface area contributed by atoms with Crippen LogP contribution in [-0.4, -0.2) is 34.8 Å². The predicted molar refractivity (Wildman–Crippen MR) is 91.8 cm³/mol. The van der Waals surface area contributed by atoms with Crippen molar-refractivity contribution in [2.75, 3.05) is 18.6 Å². The molecule has 3 rings (SSSR count). The normalized spacial score (nSPS) is 13.2. The molecule has 2 heterocycles. The number of hydrogen-bond donors (Lipinski definition) is 0. The number of nitro groups is 1. The van der Waals surface area contributed by atoms with Gasteiger partial charge in [-0.15, -0.1) is 0 Å². The summed E-state index contributed by atoms with van der Waals surface area (Å²) in [6, 6.07) is 5.77. The first-order valence-corrected chi connectivity index (χ1v) is 7.70. The van der Waals surface area contributed by atoms with Gasteiger partial charge in [-0.1, -0.05) is 0 Å². The molecule has 1 aromatic heterocycles. The largest absolute Gasteiger partial charge is 0.482 e. The minimum Gasteiger partial charge on any atom is -0.482 e. The number of anilines is 1. The molecule has 0 radical (unpaired) electrons. The van der Waals surface area contributed by atoms with Crippen LogP contribution in [-0.2, 0) is 11.3 Å². The maximum atomic E-state index is 12.6. The minimum atomic E-state index is -0.621. The zero-order valence-corrected chi connectivity index (χ0v) is 14.1. The van der Waals surface area contributed by atoms with Crippen molar-refractivity contribution in [1.82, 2.24) is 4.57 Å². The Balaban J connectivity index is 1.93. The second-order valence-corrected chi connectivity index (χ2v) is 5.92. The number of amides is 1. The van der Waals surface area contributed by atoms with E-state index in [-0.39, 0.29) is 35.9 Å². The Morgan fingerprint density at radius 1 is 1.31 bits per heavy atom. The Kier molecular flexibility index (Phi) is 4.29. The van der Waals surface area contributed by atoms with Crippen molar-refractivity contribution in [3.63, 3.8) is 0 Å². The molecule has 134 valence electrons. The third kappa shape index (κ3) is 3.06. The number of pyridine rings is 1. The van der Waals surface area contributed by atoms with E-state index in [1.54, 1.807) is 13.1 Å². The predicted octanol–water partition coefficient (Wildman–Crippen LogP) is 1.30. The summed E-state index contributed by atoms with van der Waals surface area (Å²) in [7, 11) is 1.58. The molecule has 0 unspecified atom stereocenters. The molecular formula is C17H15N3O6. The van der Waals surface area contributed by atoms with Gasteiger partial charge in [0.1, 0.15) is 5.75 Å². The Hall–Kier alpha value is -3.49. The number of ether oxygens (including phenoxy) is 1. The molecule has 0 aliphatic carbocycles. The molecule has 0 fully saturated rings. The lowest BCUT2D eigenvalue weighted by Crippen LogP contribution is -2.35. The van der Waals surface area contributed by atoms with Crippen molar-refractivity contribution in [3.05, 3.63) is 62.1 Å². The Bertz CT molecular complexity index is 994. The summed E-state index contributed by atoms with van der Waals surface area (Å²) in [5, 5.41) is 11.0. The zero-order chi connectivity index (χ0) is 19.0. The van der Waals surface area contributed by atoms with Crippen molar-refractivity contribution in [3.8, 4) is 5.75 Å². The standard InChI is InChI=1S/C17H15N3O6/c1-10-5-12(20(24)25)7-19(17(10)23)8-14(21)11-3-4-15-13(6-11)18(2)16(22)9-26-15/h3-7H,8-9H2,1-2H3. The van der Waals surface area contributed by atoms with E-state index in [9.17, 15) is 24.5 Å². The molecule has 1 aromatic carbocycles. The van der Waals surface area contributed by atoms with Crippen LogP contribution in [0, 0.1) is 17.0 Å². The smallest absolute Gasteiger partial charge is 0.286 e. The quantitative estimate of drug-likeness (QED) is 0.463. The van der Waals surface area contributed by atoms with Gasteiger partial charge in [0.15, 0.2) is 12.4 Å². The summed E-state index contributed by atoms with van der Waals surface area (Å²) < 4.78 is 6.32. The number of rotatable bonds is 4. The summed E-state index contributed by atoms with van der Waals surface area (Å²) in [4.78, 5) is 48.2. The monoisotopic (exact) mass is 357 g/mol. The van der Waals surface area contributed by atoms with Crippen LogP contribution in [0.25, 0.3) is 0 Å². The zero-order valence-electron chi connectivity index (χ0n) is 14.1. The molecular weight excluding hydrogens is 342 g/mol. The number of carbonyl (C=O) groups excluding carboxylic acids is 2. The number of benzene rings is 1. The minimum absolute atomic E-state index is 0.0703. The number of likely N-dealkylation sites (N-methyl/N-ethyl adjacent to an activating group) is 1. The second kappa shape index (κ2) is 6.43. The number of Topliss-reactive ketones (excluding diaryl/α,β-unsaturated/α-hetero) is 1. The van der Waals surface area contributed by atoms with Gasteiger partial charge in [-0.2, -0.15) is 0 Å². The molecule has 0 saturated carbocycles. The van der Waals surface area contributed by atoms with Crippen molar-refractivity contribution in [2.24, 2.45) is 0 Å². The highest BCUT2D eigenvalue weighted by Crippen LogP contribution is 2.32. The number of fused-ring (bicyclic) bond motifs is 1. The first-order valence-electron chi connectivity index (χ1n) is 7.70. The molecule has 2 aromatic rings. The molecule has 0 spiro atoms. The average molecular weight is 357 g/mol. The fraction of sp³-hybridized carbons (Fsp3) is 0.235. The Morgan fingerprint density at radius 2 is 2.04 bits per heavy atom. The van der Waals surface area contributed by atoms with Crippen LogP contribution in [0.5, 0.6) is 5.75 Å². The van der Waals surface area contributed by atoms with Gasteiger partial charge >= 0.3 is 0 Å². The highest BCUT2D eigenvalue weighted by molar-refractivity contribution is 6.01. The van der Waals surface area contributed by atoms with E-state index in [0.717, 1.165) is 10.8 Å². The van der Waals surface area contributed by atoms with E-state index >= 15 is 0 Å². The van der Waals surface area contributed by atoms with E-state index in [2.05, 4.69) is 0 Å². The van der Waals surface area contributed by atoms with Crippen molar-refractivity contribution in [1.29, 1.82) is 0 Å². The van der Waals surface area contributed by atoms with Crippen LogP contribution in [0.1, 0.15) is 15.9 Å². The van der Waals surface area contributed by atoms with Gasteiger partial charge in [0.2, 0.25) is 0 Å². The molecule has 1 aliphatic heterocycles. The van der Waals surface area contributed by atoms with E-state index < -0.39 is 16.3 Å². The molecule has 0 N–H and O–H groups in total. The number of hydrogen-bond acceptors (Lipinski definition) is 6. The van der Waals surface area contributed by atoms with Gasteiger partial charge in [-0.25, -0.2) is 0 Å². The van der Waals surface area contributed by atoms with Gasteiger partial charge in [0.05, 0.1) is 23.4 Å². The molecule has 1 aliphatic rings. The Labute approximate surface area is 147 Å². The summed E-state index contributed by atoms with van der Waals surface area (Å²) in [6.07, 6.45) is 1.05. The average Bonchev–Trinajstić information content (AvgIpc) is 2.61. The van der Waals surface area contributed by atoms with Crippen molar-refractivity contribution < 1.29 is 19.2 Å². The maximum absolute atomic E-state index is 12.6. The SMILES string of the molecule is Cc1cc([N+](=O)[O-])cn(CC(=O)c2ccc3c(c2)N(C)C(=O)CO3)c1=O. The number of ketones is 1. The number of aromatic nitrogens is 1. The first kappa shape index (κ1) is 17.3. The van der Waals surface area contributed by atoms with E-state index in [1.165, 1.54) is 30.0 Å². The third-order valence-electron chi connectivity index (χ3n) is 4.14. The number of aryl methyl sites for hydroxylation is 1. The Morgan fingerprint density at radius 3 is 2.73 bits per heavy atom. The summed E-state index contributed by atoms with van der Waals surface area (Å²) in [5.41, 5.74) is 0.160. The van der Waals surface area contributed by atoms with Crippen LogP contribution >= 0.6 is 0 Å². The molecule has 1 amide bonds. The van der Waals surface area contributed by atoms with Crippen LogP contribution in [0.3, 0.4) is 0 Å². The lowest BCUT2D eigenvalue weighted by atomic mass is 10.1. The van der Waals surface area contributed by atoms with Crippen LogP contribution < -0.4 is 15.2 Å². The molecule has 0 saturated heterocycles. The van der Waals surface area contributed by atoms with Crippen molar-refractivity contribution in [2.45, 2.75) is 13.5 Å². The highest BCUT2D eigenvalue weighted by Gasteiger charge is 2.23. The fourth-order valence-electron chi connectivity index (χ4n) is 2.67. The highest BCUT2D eigenvalue weighted by atomic mass is 16.6. The second-order valence-electron chi connectivity index (χ2n) is 5.92. The van der Waals surface area contributed by atoms with E-state index in [1.807, 2.05) is 0 Å². The number of carbonyl (C=O) groups is 2. The molecule has 0 atom stereocenters. The number of nitrogens with zero attached hydrogens (tertiary/aromatic N) is 3.